The van der Waals surface area contributed by atoms with Crippen molar-refractivity contribution in [3.8, 4) is 11.5 Å². The largest absolute Gasteiger partial charge is 0.497 e. The quantitative estimate of drug-likeness (QED) is 0.588. The van der Waals surface area contributed by atoms with Crippen molar-refractivity contribution in [2.45, 2.75) is 19.4 Å². The summed E-state index contributed by atoms with van der Waals surface area (Å²) in [6, 6.07) is 11.0. The van der Waals surface area contributed by atoms with Crippen LogP contribution in [0.5, 0.6) is 11.5 Å². The minimum Gasteiger partial charge on any atom is -0.497 e. The Balaban J connectivity index is 1.94. The van der Waals surface area contributed by atoms with Crippen LogP contribution in [0.1, 0.15) is 24.9 Å². The maximum atomic E-state index is 12.2. The Hall–Kier alpha value is -3.26. The number of methoxy groups -OCH3 is 2. The van der Waals surface area contributed by atoms with Crippen molar-refractivity contribution in [1.29, 1.82) is 0 Å². The Labute approximate surface area is 179 Å². The van der Waals surface area contributed by atoms with Gasteiger partial charge in [0.2, 0.25) is 5.91 Å². The number of esters is 1. The van der Waals surface area contributed by atoms with E-state index in [1.165, 1.54) is 21.1 Å². The van der Waals surface area contributed by atoms with Gasteiger partial charge in [0.25, 0.3) is 5.91 Å². The van der Waals surface area contributed by atoms with Crippen LogP contribution in [0.25, 0.3) is 0 Å². The first-order chi connectivity index (χ1) is 14.3. The number of ether oxygens (including phenoxy) is 3. The molecule has 0 heterocycles. The summed E-state index contributed by atoms with van der Waals surface area (Å²) in [5, 5.41) is 5.83. The fourth-order valence-corrected chi connectivity index (χ4v) is 2.77. The highest BCUT2D eigenvalue weighted by Gasteiger charge is 2.19. The van der Waals surface area contributed by atoms with Crippen molar-refractivity contribution in [3.63, 3.8) is 0 Å². The molecular formula is C21H23ClN2O6. The van der Waals surface area contributed by atoms with Crippen LogP contribution in [0.4, 0.5) is 5.69 Å². The zero-order chi connectivity index (χ0) is 22.1. The highest BCUT2D eigenvalue weighted by atomic mass is 35.5. The van der Waals surface area contributed by atoms with Crippen LogP contribution in [0.3, 0.4) is 0 Å². The number of benzene rings is 2. The maximum absolute atomic E-state index is 12.2. The number of halogens is 1. The molecule has 0 aliphatic heterocycles. The van der Waals surface area contributed by atoms with Crippen molar-refractivity contribution in [2.24, 2.45) is 0 Å². The minimum absolute atomic E-state index is 0.137. The third-order valence-electron chi connectivity index (χ3n) is 4.02. The van der Waals surface area contributed by atoms with Gasteiger partial charge >= 0.3 is 5.97 Å². The van der Waals surface area contributed by atoms with Gasteiger partial charge in [0.1, 0.15) is 11.5 Å². The van der Waals surface area contributed by atoms with E-state index >= 15 is 0 Å². The van der Waals surface area contributed by atoms with Crippen LogP contribution in [-0.4, -0.2) is 38.6 Å². The van der Waals surface area contributed by atoms with E-state index in [0.29, 0.717) is 27.8 Å². The normalized spacial score (nSPS) is 11.2. The smallest absolute Gasteiger partial charge is 0.308 e. The third-order valence-corrected chi connectivity index (χ3v) is 4.27. The van der Waals surface area contributed by atoms with E-state index in [9.17, 15) is 14.4 Å². The van der Waals surface area contributed by atoms with Crippen LogP contribution in [0.15, 0.2) is 42.5 Å². The van der Waals surface area contributed by atoms with Gasteiger partial charge in [-0.3, -0.25) is 14.4 Å². The highest BCUT2D eigenvalue weighted by Crippen LogP contribution is 2.25. The van der Waals surface area contributed by atoms with Crippen molar-refractivity contribution in [1.82, 2.24) is 5.32 Å². The fourth-order valence-electron chi connectivity index (χ4n) is 2.64. The number of carbonyl (C=O) groups excluding carboxylic acids is 3. The van der Waals surface area contributed by atoms with Crippen LogP contribution >= 0.6 is 11.6 Å². The van der Waals surface area contributed by atoms with Crippen LogP contribution in [0, 0.1) is 0 Å². The van der Waals surface area contributed by atoms with E-state index in [1.54, 1.807) is 42.5 Å². The topological polar surface area (TPSA) is 103 Å². The summed E-state index contributed by atoms with van der Waals surface area (Å²) in [5.74, 6) is -0.457. The average Bonchev–Trinajstić information content (AvgIpc) is 2.71. The van der Waals surface area contributed by atoms with Gasteiger partial charge in [-0.1, -0.05) is 23.7 Å². The second kappa shape index (κ2) is 11.1. The van der Waals surface area contributed by atoms with Gasteiger partial charge in [-0.05, 0) is 17.7 Å². The molecule has 0 fully saturated rings. The summed E-state index contributed by atoms with van der Waals surface area (Å²) in [6.07, 6.45) is -0.137. The molecule has 2 aromatic rings. The Morgan fingerprint density at radius 1 is 1.00 bits per heavy atom. The van der Waals surface area contributed by atoms with Crippen LogP contribution < -0.4 is 20.1 Å². The zero-order valence-corrected chi connectivity index (χ0v) is 17.6. The number of hydrogen-bond donors (Lipinski definition) is 2. The molecule has 0 aromatic heterocycles. The zero-order valence-electron chi connectivity index (χ0n) is 16.9. The molecular weight excluding hydrogens is 412 g/mol. The minimum atomic E-state index is -0.637. The van der Waals surface area contributed by atoms with Crippen molar-refractivity contribution >= 4 is 35.1 Å². The van der Waals surface area contributed by atoms with Crippen LogP contribution in [-0.2, 0) is 19.1 Å². The number of anilines is 1. The molecule has 9 heteroatoms. The summed E-state index contributed by atoms with van der Waals surface area (Å²) in [5.41, 5.74) is 1.13. The van der Waals surface area contributed by atoms with Gasteiger partial charge in [-0.2, -0.15) is 0 Å². The molecule has 0 bridgehead atoms. The molecule has 2 N–H and O–H groups in total. The molecule has 2 aromatic carbocycles. The Kier molecular flexibility index (Phi) is 8.49. The molecule has 0 saturated carbocycles. The highest BCUT2D eigenvalue weighted by molar-refractivity contribution is 6.30. The van der Waals surface area contributed by atoms with Crippen molar-refractivity contribution in [3.05, 3.63) is 53.1 Å². The molecule has 0 aliphatic carbocycles. The first-order valence-corrected chi connectivity index (χ1v) is 9.39. The van der Waals surface area contributed by atoms with Gasteiger partial charge in [0.05, 0.1) is 26.7 Å². The summed E-state index contributed by atoms with van der Waals surface area (Å²) < 4.78 is 15.3. The molecule has 0 aliphatic rings. The number of hydrogen-bond acceptors (Lipinski definition) is 6. The predicted octanol–water partition coefficient (Wildman–Crippen LogP) is 3.11. The van der Waals surface area contributed by atoms with Gasteiger partial charge in [0.15, 0.2) is 6.61 Å². The molecule has 1 atom stereocenters. The summed E-state index contributed by atoms with van der Waals surface area (Å²) >= 11 is 5.88. The Morgan fingerprint density at radius 2 is 1.60 bits per heavy atom. The molecule has 1 unspecified atom stereocenters. The maximum Gasteiger partial charge on any atom is 0.308 e. The SMILES string of the molecule is COc1cc(NC(=O)COC(=O)CC(NC(C)=O)c2ccc(Cl)cc2)cc(OC)c1. The molecule has 0 saturated heterocycles. The number of nitrogens with one attached hydrogen (secondary N) is 2. The fraction of sp³-hybridized carbons (Fsp3) is 0.286. The number of amides is 2. The van der Waals surface area contributed by atoms with Crippen molar-refractivity contribution < 1.29 is 28.6 Å². The molecule has 30 heavy (non-hydrogen) atoms. The first-order valence-electron chi connectivity index (χ1n) is 9.02. The van der Waals surface area contributed by atoms with E-state index in [4.69, 9.17) is 25.8 Å². The van der Waals surface area contributed by atoms with Gasteiger partial charge in [0, 0.05) is 35.8 Å². The lowest BCUT2D eigenvalue weighted by atomic mass is 10.0. The van der Waals surface area contributed by atoms with E-state index in [0.717, 1.165) is 0 Å². The molecule has 8 nitrogen and oxygen atoms in total. The second-order valence-corrected chi connectivity index (χ2v) is 6.76. The lowest BCUT2D eigenvalue weighted by Gasteiger charge is -2.18. The summed E-state index contributed by atoms with van der Waals surface area (Å²) in [7, 11) is 2.99. The Bertz CT molecular complexity index is 879. The molecule has 2 rings (SSSR count). The van der Waals surface area contributed by atoms with Gasteiger partial charge < -0.3 is 24.8 Å². The van der Waals surface area contributed by atoms with Crippen molar-refractivity contribution in [2.75, 3.05) is 26.1 Å². The predicted molar refractivity (Wildman–Crippen MR) is 112 cm³/mol. The van der Waals surface area contributed by atoms with Gasteiger partial charge in [-0.15, -0.1) is 0 Å². The monoisotopic (exact) mass is 434 g/mol. The van der Waals surface area contributed by atoms with Gasteiger partial charge in [-0.25, -0.2) is 0 Å². The summed E-state index contributed by atoms with van der Waals surface area (Å²) in [6.45, 7) is 0.871. The first kappa shape index (κ1) is 23.0. The number of carbonyl (C=O) groups is 3. The third kappa shape index (κ3) is 7.29. The second-order valence-electron chi connectivity index (χ2n) is 6.32. The molecule has 0 radical (unpaired) electrons. The lowest BCUT2D eigenvalue weighted by molar-refractivity contribution is -0.148. The van der Waals surface area contributed by atoms with E-state index in [1.807, 2.05) is 0 Å². The van der Waals surface area contributed by atoms with E-state index in [2.05, 4.69) is 10.6 Å². The van der Waals surface area contributed by atoms with E-state index < -0.39 is 24.5 Å². The van der Waals surface area contributed by atoms with Crippen LogP contribution in [0.2, 0.25) is 5.02 Å². The number of rotatable bonds is 9. The molecule has 160 valence electrons. The molecule has 2 amide bonds. The average molecular weight is 435 g/mol. The standard InChI is InChI=1S/C21H23ClN2O6/c1-13(25)23-19(14-4-6-15(22)7-5-14)11-21(27)30-12-20(26)24-16-8-17(28-2)10-18(9-16)29-3/h4-10,19H,11-12H2,1-3H3,(H,23,25)(H,24,26). The summed E-state index contributed by atoms with van der Waals surface area (Å²) in [4.78, 5) is 35.8. The van der Waals surface area contributed by atoms with E-state index in [-0.39, 0.29) is 12.3 Å². The lowest BCUT2D eigenvalue weighted by Crippen LogP contribution is -2.29. The Morgan fingerprint density at radius 3 is 2.13 bits per heavy atom. The molecule has 0 spiro atoms.